The fourth-order valence-corrected chi connectivity index (χ4v) is 2.78. The van der Waals surface area contributed by atoms with Crippen LogP contribution in [0, 0.1) is 11.3 Å². The van der Waals surface area contributed by atoms with Crippen LogP contribution in [0.5, 0.6) is 11.5 Å². The summed E-state index contributed by atoms with van der Waals surface area (Å²) in [5.41, 5.74) is 3.63. The molecule has 0 heterocycles. The fraction of sp³-hybridized carbons (Fsp3) is 0.174. The molecule has 1 N–H and O–H groups in total. The summed E-state index contributed by atoms with van der Waals surface area (Å²) < 4.78 is 11.2. The molecule has 0 aliphatic rings. The first-order valence-electron chi connectivity index (χ1n) is 9.31. The van der Waals surface area contributed by atoms with E-state index in [4.69, 9.17) is 14.7 Å². The smallest absolute Gasteiger partial charge is 0.277 e. The molecule has 0 spiro atoms. The van der Waals surface area contributed by atoms with Gasteiger partial charge in [-0.05, 0) is 35.4 Å². The first-order valence-corrected chi connectivity index (χ1v) is 9.31. The van der Waals surface area contributed by atoms with Crippen LogP contribution in [0.2, 0.25) is 0 Å². The second-order valence-electron chi connectivity index (χ2n) is 6.24. The molecule has 29 heavy (non-hydrogen) atoms. The highest BCUT2D eigenvalue weighted by Gasteiger charge is 2.08. The van der Waals surface area contributed by atoms with Gasteiger partial charge in [-0.2, -0.15) is 10.4 Å². The van der Waals surface area contributed by atoms with E-state index in [0.717, 1.165) is 22.8 Å². The highest BCUT2D eigenvalue weighted by atomic mass is 16.5. The van der Waals surface area contributed by atoms with Gasteiger partial charge in [-0.15, -0.1) is 0 Å². The quantitative estimate of drug-likeness (QED) is 0.467. The SMILES string of the molecule is CCCOc1ccc2ccccc2c1/C=N\NC(=O)COc1ccccc1C#N. The van der Waals surface area contributed by atoms with Crippen LogP contribution in [0.25, 0.3) is 10.8 Å². The fourth-order valence-electron chi connectivity index (χ4n) is 2.78. The first kappa shape index (κ1) is 19.9. The maximum Gasteiger partial charge on any atom is 0.277 e. The molecule has 3 rings (SSSR count). The Morgan fingerprint density at radius 2 is 1.86 bits per heavy atom. The molecular formula is C23H21N3O3. The number of nitrogens with zero attached hydrogens (tertiary/aromatic N) is 2. The zero-order valence-electron chi connectivity index (χ0n) is 16.1. The summed E-state index contributed by atoms with van der Waals surface area (Å²) in [6.07, 6.45) is 2.47. The second-order valence-corrected chi connectivity index (χ2v) is 6.24. The van der Waals surface area contributed by atoms with E-state index in [-0.39, 0.29) is 6.61 Å². The molecule has 0 saturated heterocycles. The van der Waals surface area contributed by atoms with E-state index in [0.29, 0.717) is 23.7 Å². The molecule has 1 amide bonds. The van der Waals surface area contributed by atoms with Crippen LogP contribution in [0.3, 0.4) is 0 Å². The van der Waals surface area contributed by atoms with Gasteiger partial charge < -0.3 is 9.47 Å². The molecule has 0 fully saturated rings. The van der Waals surface area contributed by atoms with Crippen molar-refractivity contribution in [2.24, 2.45) is 5.10 Å². The number of hydrogen-bond donors (Lipinski definition) is 1. The molecule has 0 aromatic heterocycles. The van der Waals surface area contributed by atoms with Gasteiger partial charge in [0.1, 0.15) is 17.6 Å². The van der Waals surface area contributed by atoms with Crippen molar-refractivity contribution < 1.29 is 14.3 Å². The number of para-hydroxylation sites is 1. The van der Waals surface area contributed by atoms with Gasteiger partial charge in [0.25, 0.3) is 5.91 Å². The molecule has 0 bridgehead atoms. The molecule has 6 heteroatoms. The van der Waals surface area contributed by atoms with E-state index < -0.39 is 5.91 Å². The number of hydrogen-bond acceptors (Lipinski definition) is 5. The van der Waals surface area contributed by atoms with Gasteiger partial charge in [0.15, 0.2) is 6.61 Å². The van der Waals surface area contributed by atoms with Crippen LogP contribution >= 0.6 is 0 Å². The van der Waals surface area contributed by atoms with Crippen LogP contribution < -0.4 is 14.9 Å². The van der Waals surface area contributed by atoms with E-state index in [1.54, 1.807) is 30.5 Å². The van der Waals surface area contributed by atoms with Gasteiger partial charge in [-0.25, -0.2) is 5.43 Å². The standard InChI is InChI=1S/C23H21N3O3/c1-2-13-28-22-12-11-17-7-3-5-9-19(17)20(22)15-25-26-23(27)16-29-21-10-6-4-8-18(21)14-24/h3-12,15H,2,13,16H2,1H3,(H,26,27)/b25-15-. The molecule has 0 saturated carbocycles. The van der Waals surface area contributed by atoms with Gasteiger partial charge in [0.05, 0.1) is 18.4 Å². The van der Waals surface area contributed by atoms with Crippen molar-refractivity contribution in [2.75, 3.05) is 13.2 Å². The van der Waals surface area contributed by atoms with Crippen molar-refractivity contribution in [3.8, 4) is 17.6 Å². The number of carbonyl (C=O) groups is 1. The van der Waals surface area contributed by atoms with Crippen LogP contribution in [-0.2, 0) is 4.79 Å². The Kier molecular flexibility index (Phi) is 6.80. The molecule has 3 aromatic carbocycles. The van der Waals surface area contributed by atoms with Crippen molar-refractivity contribution in [3.05, 3.63) is 71.8 Å². The lowest BCUT2D eigenvalue weighted by molar-refractivity contribution is -0.123. The van der Waals surface area contributed by atoms with E-state index in [1.165, 1.54) is 0 Å². The Hall–Kier alpha value is -3.85. The second kappa shape index (κ2) is 9.90. The van der Waals surface area contributed by atoms with E-state index in [1.807, 2.05) is 49.4 Å². The summed E-state index contributed by atoms with van der Waals surface area (Å²) in [6, 6.07) is 20.6. The zero-order chi connectivity index (χ0) is 20.5. The summed E-state index contributed by atoms with van der Waals surface area (Å²) in [5.74, 6) is 0.645. The number of rotatable bonds is 8. The third-order valence-electron chi connectivity index (χ3n) is 4.14. The minimum absolute atomic E-state index is 0.245. The Labute approximate surface area is 169 Å². The zero-order valence-corrected chi connectivity index (χ0v) is 16.1. The maximum atomic E-state index is 12.1. The Morgan fingerprint density at radius 3 is 2.69 bits per heavy atom. The van der Waals surface area contributed by atoms with Gasteiger partial charge in [0, 0.05) is 5.56 Å². The van der Waals surface area contributed by atoms with Gasteiger partial charge in [-0.3, -0.25) is 4.79 Å². The average molecular weight is 387 g/mol. The molecule has 0 aliphatic carbocycles. The van der Waals surface area contributed by atoms with Crippen molar-refractivity contribution in [1.82, 2.24) is 5.43 Å². The molecule has 0 unspecified atom stereocenters. The summed E-state index contributed by atoms with van der Waals surface area (Å²) >= 11 is 0. The van der Waals surface area contributed by atoms with Gasteiger partial charge >= 0.3 is 0 Å². The topological polar surface area (TPSA) is 83.7 Å². The normalized spacial score (nSPS) is 10.6. The number of nitrogens with one attached hydrogen (secondary N) is 1. The van der Waals surface area contributed by atoms with E-state index in [9.17, 15) is 4.79 Å². The van der Waals surface area contributed by atoms with E-state index in [2.05, 4.69) is 10.5 Å². The Morgan fingerprint density at radius 1 is 1.07 bits per heavy atom. The molecule has 0 radical (unpaired) electrons. The highest BCUT2D eigenvalue weighted by molar-refractivity contribution is 6.02. The van der Waals surface area contributed by atoms with Crippen LogP contribution in [-0.4, -0.2) is 25.3 Å². The first-order chi connectivity index (χ1) is 14.2. The van der Waals surface area contributed by atoms with Crippen molar-refractivity contribution in [2.45, 2.75) is 13.3 Å². The van der Waals surface area contributed by atoms with Gasteiger partial charge in [-0.1, -0.05) is 49.4 Å². The average Bonchev–Trinajstić information content (AvgIpc) is 2.77. The molecule has 6 nitrogen and oxygen atoms in total. The monoisotopic (exact) mass is 387 g/mol. The van der Waals surface area contributed by atoms with Crippen LogP contribution in [0.15, 0.2) is 65.8 Å². The van der Waals surface area contributed by atoms with Crippen molar-refractivity contribution in [3.63, 3.8) is 0 Å². The number of carbonyl (C=O) groups excluding carboxylic acids is 1. The van der Waals surface area contributed by atoms with E-state index >= 15 is 0 Å². The lowest BCUT2D eigenvalue weighted by atomic mass is 10.0. The third kappa shape index (κ3) is 5.11. The Balaban J connectivity index is 1.70. The predicted octanol–water partition coefficient (Wildman–Crippen LogP) is 4.03. The minimum Gasteiger partial charge on any atom is -0.493 e. The number of ether oxygens (including phenoxy) is 2. The maximum absolute atomic E-state index is 12.1. The highest BCUT2D eigenvalue weighted by Crippen LogP contribution is 2.26. The number of amides is 1. The largest absolute Gasteiger partial charge is 0.493 e. The summed E-state index contributed by atoms with van der Waals surface area (Å²) in [7, 11) is 0. The Bertz CT molecular complexity index is 1070. The molecule has 146 valence electrons. The lowest BCUT2D eigenvalue weighted by Crippen LogP contribution is -2.24. The summed E-state index contributed by atoms with van der Waals surface area (Å²) in [4.78, 5) is 12.1. The van der Waals surface area contributed by atoms with Crippen LogP contribution in [0.1, 0.15) is 24.5 Å². The van der Waals surface area contributed by atoms with Gasteiger partial charge in [0.2, 0.25) is 0 Å². The van der Waals surface area contributed by atoms with Crippen molar-refractivity contribution in [1.29, 1.82) is 5.26 Å². The number of hydrazone groups is 1. The summed E-state index contributed by atoms with van der Waals surface area (Å²) in [6.45, 7) is 2.39. The molecular weight excluding hydrogens is 366 g/mol. The van der Waals surface area contributed by atoms with Crippen LogP contribution in [0.4, 0.5) is 0 Å². The molecule has 3 aromatic rings. The number of fused-ring (bicyclic) bond motifs is 1. The third-order valence-corrected chi connectivity index (χ3v) is 4.14. The minimum atomic E-state index is -0.426. The number of nitriles is 1. The predicted molar refractivity (Wildman–Crippen MR) is 112 cm³/mol. The lowest BCUT2D eigenvalue weighted by Gasteiger charge is -2.11. The summed E-state index contributed by atoms with van der Waals surface area (Å²) in [5, 5.41) is 15.2. The molecule has 0 atom stereocenters. The number of benzene rings is 3. The molecule has 0 aliphatic heterocycles. The van der Waals surface area contributed by atoms with Crippen molar-refractivity contribution >= 4 is 22.9 Å².